The van der Waals surface area contributed by atoms with Gasteiger partial charge in [0.1, 0.15) is 5.82 Å². The van der Waals surface area contributed by atoms with E-state index in [2.05, 4.69) is 10.6 Å². The third-order valence-corrected chi connectivity index (χ3v) is 3.13. The summed E-state index contributed by atoms with van der Waals surface area (Å²) in [6.45, 7) is 0.944. The first-order chi connectivity index (χ1) is 9.06. The maximum absolute atomic E-state index is 13.7. The molecule has 0 radical (unpaired) electrons. The van der Waals surface area contributed by atoms with E-state index in [0.29, 0.717) is 25.1 Å². The van der Waals surface area contributed by atoms with Crippen LogP contribution in [0, 0.1) is 5.82 Å². The fourth-order valence-corrected chi connectivity index (χ4v) is 2.06. The summed E-state index contributed by atoms with van der Waals surface area (Å²) in [5, 5.41) is 5.91. The Kier molecular flexibility index (Phi) is 4.11. The zero-order valence-electron chi connectivity index (χ0n) is 10.4. The van der Waals surface area contributed by atoms with Gasteiger partial charge in [-0.05, 0) is 18.6 Å². The zero-order valence-corrected chi connectivity index (χ0v) is 10.4. The van der Waals surface area contributed by atoms with Crippen molar-refractivity contribution in [3.63, 3.8) is 0 Å². The van der Waals surface area contributed by atoms with Gasteiger partial charge in [-0.2, -0.15) is 0 Å². The zero-order chi connectivity index (χ0) is 13.8. The maximum atomic E-state index is 13.7. The van der Waals surface area contributed by atoms with E-state index in [-0.39, 0.29) is 17.5 Å². The summed E-state index contributed by atoms with van der Waals surface area (Å²) in [6.07, 6.45) is 1.35. The van der Waals surface area contributed by atoms with Crippen LogP contribution in [0.25, 0.3) is 0 Å². The van der Waals surface area contributed by atoms with Gasteiger partial charge in [0.25, 0.3) is 0 Å². The molecule has 0 aliphatic carbocycles. The van der Waals surface area contributed by atoms with E-state index in [0.717, 1.165) is 12.5 Å². The van der Waals surface area contributed by atoms with Crippen LogP contribution >= 0.6 is 0 Å². The van der Waals surface area contributed by atoms with Crippen LogP contribution in [-0.2, 0) is 11.3 Å². The minimum Gasteiger partial charge on any atom is -0.366 e. The Morgan fingerprint density at radius 1 is 1.53 bits per heavy atom. The maximum Gasteiger partial charge on any atom is 0.248 e. The number of rotatable bonds is 5. The number of amides is 2. The molecule has 2 amide bonds. The van der Waals surface area contributed by atoms with Gasteiger partial charge in [0.05, 0.1) is 0 Å². The molecule has 0 bridgehead atoms. The molecule has 19 heavy (non-hydrogen) atoms. The minimum absolute atomic E-state index is 0.0591. The van der Waals surface area contributed by atoms with Crippen LogP contribution in [0.4, 0.5) is 4.39 Å². The molecule has 0 saturated carbocycles. The van der Waals surface area contributed by atoms with Crippen LogP contribution in [0.2, 0.25) is 0 Å². The summed E-state index contributed by atoms with van der Waals surface area (Å²) in [4.78, 5) is 21.9. The minimum atomic E-state index is -0.646. The molecule has 102 valence electrons. The fraction of sp³-hybridized carbons (Fsp3) is 0.385. The number of halogens is 1. The molecule has 1 aromatic rings. The summed E-state index contributed by atoms with van der Waals surface area (Å²) < 4.78 is 13.7. The highest BCUT2D eigenvalue weighted by Gasteiger charge is 2.19. The number of benzene rings is 1. The van der Waals surface area contributed by atoms with Crippen molar-refractivity contribution in [2.75, 3.05) is 6.54 Å². The van der Waals surface area contributed by atoms with E-state index in [4.69, 9.17) is 5.73 Å². The number of hydrogen-bond acceptors (Lipinski definition) is 3. The third-order valence-electron chi connectivity index (χ3n) is 3.13. The Hall–Kier alpha value is -1.95. The first-order valence-electron chi connectivity index (χ1n) is 6.14. The molecule has 6 heteroatoms. The molecule has 1 aliphatic rings. The van der Waals surface area contributed by atoms with E-state index >= 15 is 0 Å². The number of nitrogens with two attached hydrogens (primary N) is 1. The average Bonchev–Trinajstić information content (AvgIpc) is 2.77. The van der Waals surface area contributed by atoms with Gasteiger partial charge in [0.2, 0.25) is 11.8 Å². The van der Waals surface area contributed by atoms with Gasteiger partial charge in [-0.3, -0.25) is 9.59 Å². The van der Waals surface area contributed by atoms with Crippen LogP contribution in [-0.4, -0.2) is 24.4 Å². The Labute approximate surface area is 110 Å². The number of hydrogen-bond donors (Lipinski definition) is 3. The Morgan fingerprint density at radius 2 is 2.32 bits per heavy atom. The number of carbonyl (C=O) groups excluding carboxylic acids is 2. The lowest BCUT2D eigenvalue weighted by Gasteiger charge is -2.11. The number of primary amides is 1. The van der Waals surface area contributed by atoms with Crippen LogP contribution in [0.15, 0.2) is 18.2 Å². The molecule has 0 spiro atoms. The topological polar surface area (TPSA) is 84.2 Å². The first-order valence-corrected chi connectivity index (χ1v) is 6.14. The smallest absolute Gasteiger partial charge is 0.248 e. The lowest BCUT2D eigenvalue weighted by Crippen LogP contribution is -2.35. The average molecular weight is 265 g/mol. The van der Waals surface area contributed by atoms with Gasteiger partial charge >= 0.3 is 0 Å². The molecule has 1 fully saturated rings. The van der Waals surface area contributed by atoms with Gasteiger partial charge in [0, 0.05) is 36.7 Å². The van der Waals surface area contributed by atoms with Crippen molar-refractivity contribution in [1.29, 1.82) is 0 Å². The van der Waals surface area contributed by atoms with E-state index in [1.54, 1.807) is 0 Å². The molecule has 1 heterocycles. The Balaban J connectivity index is 1.86. The highest BCUT2D eigenvalue weighted by atomic mass is 19.1. The van der Waals surface area contributed by atoms with Gasteiger partial charge < -0.3 is 16.4 Å². The van der Waals surface area contributed by atoms with Gasteiger partial charge in [0.15, 0.2) is 0 Å². The fourth-order valence-electron chi connectivity index (χ4n) is 2.06. The molecule has 1 atom stereocenters. The largest absolute Gasteiger partial charge is 0.366 e. The van der Waals surface area contributed by atoms with Crippen molar-refractivity contribution in [2.24, 2.45) is 5.73 Å². The highest BCUT2D eigenvalue weighted by Crippen LogP contribution is 2.11. The Morgan fingerprint density at radius 3 is 2.89 bits per heavy atom. The van der Waals surface area contributed by atoms with Crippen molar-refractivity contribution in [3.05, 3.63) is 35.1 Å². The molecule has 0 aromatic heterocycles. The summed E-state index contributed by atoms with van der Waals surface area (Å²) >= 11 is 0. The van der Waals surface area contributed by atoms with E-state index < -0.39 is 11.7 Å². The molecule has 1 aromatic carbocycles. The first kappa shape index (κ1) is 13.5. The Bertz CT molecular complexity index is 505. The van der Waals surface area contributed by atoms with E-state index in [9.17, 15) is 14.0 Å². The van der Waals surface area contributed by atoms with Gasteiger partial charge in [-0.15, -0.1) is 0 Å². The van der Waals surface area contributed by atoms with Crippen LogP contribution in [0.3, 0.4) is 0 Å². The lowest BCUT2D eigenvalue weighted by atomic mass is 10.1. The standard InChI is InChI=1S/C13H16FN3O2/c14-11-5-8(13(15)19)1-2-9(11)6-16-7-10-3-4-12(18)17-10/h1-2,5,10,16H,3-4,6-7H2,(H2,15,19)(H,17,18). The quantitative estimate of drug-likeness (QED) is 0.715. The van der Waals surface area contributed by atoms with Crippen molar-refractivity contribution in [3.8, 4) is 0 Å². The van der Waals surface area contributed by atoms with Crippen LogP contribution in [0.1, 0.15) is 28.8 Å². The molecule has 1 unspecified atom stereocenters. The van der Waals surface area contributed by atoms with Crippen LogP contribution < -0.4 is 16.4 Å². The second-order valence-electron chi connectivity index (χ2n) is 4.60. The van der Waals surface area contributed by atoms with Crippen molar-refractivity contribution >= 4 is 11.8 Å². The second-order valence-corrected chi connectivity index (χ2v) is 4.60. The summed E-state index contributed by atoms with van der Waals surface area (Å²) in [5.74, 6) is -1.05. The highest BCUT2D eigenvalue weighted by molar-refractivity contribution is 5.92. The van der Waals surface area contributed by atoms with E-state index in [1.165, 1.54) is 12.1 Å². The molecule has 2 rings (SSSR count). The molecule has 1 saturated heterocycles. The van der Waals surface area contributed by atoms with Crippen molar-refractivity contribution < 1.29 is 14.0 Å². The summed E-state index contributed by atoms with van der Waals surface area (Å²) in [6, 6.07) is 4.28. The number of nitrogens with one attached hydrogen (secondary N) is 2. The van der Waals surface area contributed by atoms with E-state index in [1.807, 2.05) is 0 Å². The molecular weight excluding hydrogens is 249 g/mol. The molecular formula is C13H16FN3O2. The molecule has 4 N–H and O–H groups in total. The predicted octanol–water partition coefficient (Wildman–Crippen LogP) is 0.293. The monoisotopic (exact) mass is 265 g/mol. The summed E-state index contributed by atoms with van der Waals surface area (Å²) in [5.41, 5.74) is 5.69. The number of carbonyl (C=O) groups is 2. The molecule has 1 aliphatic heterocycles. The third kappa shape index (κ3) is 3.51. The second kappa shape index (κ2) is 5.79. The summed E-state index contributed by atoms with van der Waals surface area (Å²) in [7, 11) is 0. The predicted molar refractivity (Wildman–Crippen MR) is 67.8 cm³/mol. The normalized spacial score (nSPS) is 18.4. The SMILES string of the molecule is NC(=O)c1ccc(CNCC2CCC(=O)N2)c(F)c1. The molecule has 5 nitrogen and oxygen atoms in total. The van der Waals surface area contributed by atoms with Crippen molar-refractivity contribution in [2.45, 2.75) is 25.4 Å². The van der Waals surface area contributed by atoms with Gasteiger partial charge in [-0.25, -0.2) is 4.39 Å². The van der Waals surface area contributed by atoms with Crippen LogP contribution in [0.5, 0.6) is 0 Å². The van der Waals surface area contributed by atoms with Crippen molar-refractivity contribution in [1.82, 2.24) is 10.6 Å². The lowest BCUT2D eigenvalue weighted by molar-refractivity contribution is -0.119. The van der Waals surface area contributed by atoms with Gasteiger partial charge in [-0.1, -0.05) is 6.07 Å².